The first kappa shape index (κ1) is 7.93. The minimum absolute atomic E-state index is 0.174. The first-order valence-electron chi connectivity index (χ1n) is 2.62. The molecule has 0 aromatic carbocycles. The Labute approximate surface area is 54.7 Å². The van der Waals surface area contributed by atoms with Crippen LogP contribution < -0.4 is 0 Å². The fourth-order valence-electron chi connectivity index (χ4n) is 0.365. The van der Waals surface area contributed by atoms with E-state index in [1.807, 2.05) is 0 Å². The summed E-state index contributed by atoms with van der Waals surface area (Å²) in [6.45, 7) is 5.10. The predicted octanol–water partition coefficient (Wildman–Crippen LogP) is 1.00. The van der Waals surface area contributed by atoms with Crippen LogP contribution in [0, 0.1) is 11.3 Å². The lowest BCUT2D eigenvalue weighted by atomic mass is 10.2. The molecule has 0 aliphatic heterocycles. The third-order valence-corrected chi connectivity index (χ3v) is 0.875. The molecule has 0 aliphatic carbocycles. The molecular weight excluding hydrogens is 114 g/mol. The smallest absolute Gasteiger partial charge is 0.106 e. The highest BCUT2D eigenvalue weighted by Gasteiger charge is 2.00. The molecule has 0 saturated carbocycles. The summed E-state index contributed by atoms with van der Waals surface area (Å²) in [5.41, 5.74) is 0.174. The molecular formula is C7H9NO. The van der Waals surface area contributed by atoms with Crippen LogP contribution in [-0.2, 0) is 0 Å². The molecule has 0 amide bonds. The Bertz CT molecular complexity index is 164. The molecule has 9 heavy (non-hydrogen) atoms. The maximum atomic E-state index is 8.91. The Morgan fingerprint density at radius 2 is 2.44 bits per heavy atom. The third-order valence-electron chi connectivity index (χ3n) is 0.875. The number of hydrogen-bond acceptors (Lipinski definition) is 2. The summed E-state index contributed by atoms with van der Waals surface area (Å²) in [6.07, 6.45) is 2.37. The number of aliphatic hydroxyl groups excluding tert-OH is 1. The van der Waals surface area contributed by atoms with E-state index in [9.17, 15) is 0 Å². The van der Waals surface area contributed by atoms with E-state index in [2.05, 4.69) is 6.58 Å². The molecule has 1 unspecified atom stereocenters. The average molecular weight is 123 g/mol. The Hall–Kier alpha value is -1.07. The maximum absolute atomic E-state index is 8.91. The second kappa shape index (κ2) is 3.88. The molecule has 0 bridgehead atoms. The summed E-state index contributed by atoms with van der Waals surface area (Å²) in [7, 11) is 0. The van der Waals surface area contributed by atoms with Crippen LogP contribution in [0.3, 0.4) is 0 Å². The summed E-state index contributed by atoms with van der Waals surface area (Å²) in [5.74, 6) is 0. The highest BCUT2D eigenvalue weighted by Crippen LogP contribution is 1.97. The number of nitriles is 1. The fraction of sp³-hybridized carbons (Fsp3) is 0.286. The minimum Gasteiger partial charge on any atom is -0.384 e. The van der Waals surface area contributed by atoms with E-state index in [0.29, 0.717) is 0 Å². The molecule has 0 radical (unpaired) electrons. The van der Waals surface area contributed by atoms with Gasteiger partial charge in [0, 0.05) is 0 Å². The van der Waals surface area contributed by atoms with Crippen LogP contribution in [0.2, 0.25) is 0 Å². The lowest BCUT2D eigenvalue weighted by Crippen LogP contribution is -2.02. The molecule has 1 atom stereocenters. The van der Waals surface area contributed by atoms with Crippen molar-refractivity contribution in [2.75, 3.05) is 0 Å². The molecule has 0 heterocycles. The van der Waals surface area contributed by atoms with Gasteiger partial charge in [-0.15, -0.1) is 0 Å². The molecule has 48 valence electrons. The predicted molar refractivity (Wildman–Crippen MR) is 35.6 cm³/mol. The van der Waals surface area contributed by atoms with Gasteiger partial charge in [0.1, 0.15) is 6.10 Å². The van der Waals surface area contributed by atoms with Gasteiger partial charge < -0.3 is 5.11 Å². The molecule has 1 N–H and O–H groups in total. The average Bonchev–Trinajstić information content (AvgIpc) is 1.87. The van der Waals surface area contributed by atoms with Crippen molar-refractivity contribution in [3.63, 3.8) is 0 Å². The van der Waals surface area contributed by atoms with Crippen molar-refractivity contribution >= 4 is 0 Å². The van der Waals surface area contributed by atoms with Crippen molar-refractivity contribution in [3.05, 3.63) is 24.3 Å². The van der Waals surface area contributed by atoms with Gasteiger partial charge in [0.25, 0.3) is 0 Å². The van der Waals surface area contributed by atoms with Gasteiger partial charge in [0.05, 0.1) is 11.6 Å². The van der Waals surface area contributed by atoms with Crippen LogP contribution in [0.1, 0.15) is 6.92 Å². The van der Waals surface area contributed by atoms with Crippen LogP contribution in [-0.4, -0.2) is 11.2 Å². The van der Waals surface area contributed by atoms with Gasteiger partial charge in [-0.3, -0.25) is 0 Å². The molecule has 0 saturated heterocycles. The van der Waals surface area contributed by atoms with Crippen molar-refractivity contribution < 1.29 is 5.11 Å². The summed E-state index contributed by atoms with van der Waals surface area (Å²) in [5, 5.41) is 17.1. The highest BCUT2D eigenvalue weighted by molar-refractivity contribution is 5.24. The zero-order valence-corrected chi connectivity index (χ0v) is 5.33. The van der Waals surface area contributed by atoms with Gasteiger partial charge in [-0.05, 0) is 6.92 Å². The van der Waals surface area contributed by atoms with E-state index in [-0.39, 0.29) is 5.57 Å². The molecule has 0 aromatic heterocycles. The Kier molecular flexibility index (Phi) is 3.41. The van der Waals surface area contributed by atoms with Crippen molar-refractivity contribution in [2.45, 2.75) is 13.0 Å². The topological polar surface area (TPSA) is 44.0 Å². The van der Waals surface area contributed by atoms with Gasteiger partial charge in [-0.25, -0.2) is 0 Å². The minimum atomic E-state index is -0.806. The summed E-state index contributed by atoms with van der Waals surface area (Å²) in [6, 6.07) is 1.75. The molecule has 2 heteroatoms. The first-order valence-corrected chi connectivity index (χ1v) is 2.62. The summed E-state index contributed by atoms with van der Waals surface area (Å²) < 4.78 is 0. The van der Waals surface area contributed by atoms with Gasteiger partial charge in [0.15, 0.2) is 0 Å². The summed E-state index contributed by atoms with van der Waals surface area (Å²) in [4.78, 5) is 0. The molecule has 0 rings (SSSR count). The quantitative estimate of drug-likeness (QED) is 0.439. The summed E-state index contributed by atoms with van der Waals surface area (Å²) >= 11 is 0. The number of rotatable bonds is 2. The zero-order chi connectivity index (χ0) is 7.28. The lowest BCUT2D eigenvalue weighted by Gasteiger charge is -1.97. The van der Waals surface area contributed by atoms with Crippen LogP contribution in [0.5, 0.6) is 0 Å². The maximum Gasteiger partial charge on any atom is 0.106 e. The second-order valence-electron chi connectivity index (χ2n) is 1.61. The van der Waals surface area contributed by atoms with Gasteiger partial charge >= 0.3 is 0 Å². The van der Waals surface area contributed by atoms with E-state index in [1.54, 1.807) is 19.1 Å². The number of hydrogen-bond donors (Lipinski definition) is 1. The van der Waals surface area contributed by atoms with Crippen LogP contribution in [0.15, 0.2) is 24.3 Å². The van der Waals surface area contributed by atoms with E-state index in [1.165, 1.54) is 6.08 Å². The molecule has 2 nitrogen and oxygen atoms in total. The number of allylic oxidation sites excluding steroid dienone is 1. The monoisotopic (exact) mass is 123 g/mol. The van der Waals surface area contributed by atoms with Gasteiger partial charge in [-0.2, -0.15) is 5.26 Å². The molecule has 0 aromatic rings. The second-order valence-corrected chi connectivity index (χ2v) is 1.61. The van der Waals surface area contributed by atoms with E-state index >= 15 is 0 Å². The van der Waals surface area contributed by atoms with Gasteiger partial charge in [-0.1, -0.05) is 18.7 Å². The Balaban J connectivity index is 3.92. The Morgan fingerprint density at radius 3 is 2.78 bits per heavy atom. The highest BCUT2D eigenvalue weighted by atomic mass is 16.3. The number of aliphatic hydroxyl groups is 1. The molecule has 0 fully saturated rings. The van der Waals surface area contributed by atoms with E-state index in [0.717, 1.165) is 0 Å². The largest absolute Gasteiger partial charge is 0.384 e. The third kappa shape index (κ3) is 2.68. The standard InChI is InChI=1S/C7H9NO/c1-3-4-7(9)6(2)5-8/h3-4,7,9H,2H2,1H3/b4-3+. The van der Waals surface area contributed by atoms with Gasteiger partial charge in [0.2, 0.25) is 0 Å². The van der Waals surface area contributed by atoms with Crippen molar-refractivity contribution in [3.8, 4) is 6.07 Å². The molecule has 0 aliphatic rings. The van der Waals surface area contributed by atoms with Crippen molar-refractivity contribution in [2.24, 2.45) is 0 Å². The fourth-order valence-corrected chi connectivity index (χ4v) is 0.365. The van der Waals surface area contributed by atoms with E-state index < -0.39 is 6.10 Å². The van der Waals surface area contributed by atoms with Crippen molar-refractivity contribution in [1.82, 2.24) is 0 Å². The number of nitrogens with zero attached hydrogens (tertiary/aromatic N) is 1. The van der Waals surface area contributed by atoms with Crippen LogP contribution >= 0.6 is 0 Å². The van der Waals surface area contributed by atoms with Crippen molar-refractivity contribution in [1.29, 1.82) is 5.26 Å². The first-order chi connectivity index (χ1) is 4.22. The molecule has 0 spiro atoms. The van der Waals surface area contributed by atoms with E-state index in [4.69, 9.17) is 10.4 Å². The SMILES string of the molecule is C=C(C#N)C(O)/C=C/C. The van der Waals surface area contributed by atoms with Crippen LogP contribution in [0.4, 0.5) is 0 Å². The normalized spacial score (nSPS) is 13.0. The zero-order valence-electron chi connectivity index (χ0n) is 5.33. The van der Waals surface area contributed by atoms with Crippen LogP contribution in [0.25, 0.3) is 0 Å². The lowest BCUT2D eigenvalue weighted by molar-refractivity contribution is 0.264. The Morgan fingerprint density at radius 1 is 1.89 bits per heavy atom.